The van der Waals surface area contributed by atoms with E-state index in [1.807, 2.05) is 25.2 Å². The van der Waals surface area contributed by atoms with E-state index >= 15 is 0 Å². The number of amides is 1. The van der Waals surface area contributed by atoms with Gasteiger partial charge < -0.3 is 9.80 Å². The lowest BCUT2D eigenvalue weighted by Gasteiger charge is -2.31. The maximum Gasteiger partial charge on any atom is 0.243 e. The van der Waals surface area contributed by atoms with Crippen LogP contribution < -0.4 is 4.90 Å². The molecule has 0 radical (unpaired) electrons. The molecule has 0 atom stereocenters. The molecule has 178 valence electrons. The molecule has 2 aromatic rings. The molecule has 7 heteroatoms. The Balaban J connectivity index is 1.33. The van der Waals surface area contributed by atoms with Gasteiger partial charge in [0.15, 0.2) is 0 Å². The molecule has 0 bridgehead atoms. The molecule has 33 heavy (non-hydrogen) atoms. The van der Waals surface area contributed by atoms with E-state index in [0.29, 0.717) is 37.4 Å². The Morgan fingerprint density at radius 2 is 1.52 bits per heavy atom. The molecule has 0 spiro atoms. The number of para-hydroxylation sites is 1. The van der Waals surface area contributed by atoms with Gasteiger partial charge in [-0.2, -0.15) is 4.31 Å². The fourth-order valence-corrected chi connectivity index (χ4v) is 6.30. The number of hydrogen-bond donors (Lipinski definition) is 0. The zero-order chi connectivity index (χ0) is 23.3. The molecule has 2 aliphatic rings. The van der Waals surface area contributed by atoms with Crippen LogP contribution in [0.4, 0.5) is 5.69 Å². The van der Waals surface area contributed by atoms with Crippen LogP contribution in [0.25, 0.3) is 0 Å². The van der Waals surface area contributed by atoms with Crippen LogP contribution >= 0.6 is 0 Å². The molecule has 2 fully saturated rings. The van der Waals surface area contributed by atoms with Crippen LogP contribution in [0.5, 0.6) is 0 Å². The number of rotatable bonds is 8. The average molecular weight is 470 g/mol. The number of sulfonamides is 1. The Labute approximate surface area is 198 Å². The molecule has 4 rings (SSSR count). The molecule has 2 heterocycles. The van der Waals surface area contributed by atoms with Crippen LogP contribution in [0.1, 0.15) is 49.7 Å². The minimum Gasteiger partial charge on any atom is -0.371 e. The second kappa shape index (κ2) is 10.7. The second-order valence-electron chi connectivity index (χ2n) is 9.18. The van der Waals surface area contributed by atoms with Gasteiger partial charge >= 0.3 is 0 Å². The van der Waals surface area contributed by atoms with Crippen molar-refractivity contribution >= 4 is 21.6 Å². The van der Waals surface area contributed by atoms with Gasteiger partial charge in [-0.1, -0.05) is 30.3 Å². The third-order valence-corrected chi connectivity index (χ3v) is 8.69. The lowest BCUT2D eigenvalue weighted by molar-refractivity contribution is -0.130. The van der Waals surface area contributed by atoms with E-state index in [2.05, 4.69) is 23.1 Å². The first-order valence-electron chi connectivity index (χ1n) is 12.1. The molecule has 0 N–H and O–H groups in total. The third-order valence-electron chi connectivity index (χ3n) is 6.78. The molecule has 1 amide bonds. The maximum absolute atomic E-state index is 12.8. The molecule has 0 aliphatic carbocycles. The highest BCUT2D eigenvalue weighted by Crippen LogP contribution is 2.25. The summed E-state index contributed by atoms with van der Waals surface area (Å²) in [4.78, 5) is 17.4. The molecule has 6 nitrogen and oxygen atoms in total. The maximum atomic E-state index is 12.8. The number of nitrogens with zero attached hydrogens (tertiary/aromatic N) is 3. The minimum absolute atomic E-state index is 0.0946. The van der Waals surface area contributed by atoms with E-state index in [-0.39, 0.29) is 5.91 Å². The van der Waals surface area contributed by atoms with E-state index in [0.717, 1.165) is 31.5 Å². The number of hydrogen-bond acceptors (Lipinski definition) is 4. The molecular weight excluding hydrogens is 434 g/mol. The smallest absolute Gasteiger partial charge is 0.243 e. The SMILES string of the molecule is CN(Cc1ccccc1N1CCCCC1)C(=O)CCc1ccc(S(=O)(=O)N2CCCC2)cc1. The van der Waals surface area contributed by atoms with Crippen molar-refractivity contribution in [3.05, 3.63) is 59.7 Å². The van der Waals surface area contributed by atoms with Gasteiger partial charge in [-0.25, -0.2) is 8.42 Å². The van der Waals surface area contributed by atoms with Crippen LogP contribution in [-0.4, -0.2) is 56.8 Å². The first-order chi connectivity index (χ1) is 15.9. The van der Waals surface area contributed by atoms with Gasteiger partial charge in [-0.05, 0) is 67.9 Å². The summed E-state index contributed by atoms with van der Waals surface area (Å²) in [6.45, 7) is 3.96. The summed E-state index contributed by atoms with van der Waals surface area (Å²) in [6.07, 6.45) is 6.59. The molecule has 0 unspecified atom stereocenters. The van der Waals surface area contributed by atoms with Crippen molar-refractivity contribution in [2.45, 2.75) is 56.4 Å². The highest BCUT2D eigenvalue weighted by molar-refractivity contribution is 7.89. The lowest BCUT2D eigenvalue weighted by Crippen LogP contribution is -2.32. The molecule has 2 aromatic carbocycles. The quantitative estimate of drug-likeness (QED) is 0.585. The van der Waals surface area contributed by atoms with Gasteiger partial charge in [0.2, 0.25) is 15.9 Å². The number of aryl methyl sites for hydroxylation is 1. The Kier molecular flexibility index (Phi) is 7.71. The number of carbonyl (C=O) groups excluding carboxylic acids is 1. The average Bonchev–Trinajstić information content (AvgIpc) is 3.40. The summed E-state index contributed by atoms with van der Waals surface area (Å²) in [7, 11) is -1.53. The Morgan fingerprint density at radius 3 is 2.21 bits per heavy atom. The van der Waals surface area contributed by atoms with Crippen LogP contribution in [0.3, 0.4) is 0 Å². The normalized spacial score (nSPS) is 17.3. The van der Waals surface area contributed by atoms with Crippen molar-refractivity contribution in [2.24, 2.45) is 0 Å². The molecule has 2 saturated heterocycles. The third kappa shape index (κ3) is 5.76. The zero-order valence-electron chi connectivity index (χ0n) is 19.6. The van der Waals surface area contributed by atoms with Crippen molar-refractivity contribution in [1.29, 1.82) is 0 Å². The summed E-state index contributed by atoms with van der Waals surface area (Å²) in [5.74, 6) is 0.0946. The molecule has 0 aromatic heterocycles. The highest BCUT2D eigenvalue weighted by atomic mass is 32.2. The standard InChI is InChI=1S/C26H35N3O3S/c1-27(21-23-9-3-4-10-25(23)28-17-5-2-6-18-28)26(30)16-13-22-11-14-24(15-12-22)33(31,32)29-19-7-8-20-29/h3-4,9-12,14-15H,2,5-8,13,16-21H2,1H3. The second-order valence-corrected chi connectivity index (χ2v) is 11.1. The number of anilines is 1. The van der Waals surface area contributed by atoms with Gasteiger partial charge in [0, 0.05) is 51.9 Å². The van der Waals surface area contributed by atoms with Gasteiger partial charge in [0.25, 0.3) is 0 Å². The van der Waals surface area contributed by atoms with Crippen molar-refractivity contribution in [2.75, 3.05) is 38.1 Å². The number of benzene rings is 2. The first kappa shape index (κ1) is 23.8. The topological polar surface area (TPSA) is 60.9 Å². The van der Waals surface area contributed by atoms with Crippen LogP contribution in [-0.2, 0) is 27.8 Å². The molecule has 2 aliphatic heterocycles. The largest absolute Gasteiger partial charge is 0.371 e. The Hall–Kier alpha value is -2.38. The van der Waals surface area contributed by atoms with Gasteiger partial charge in [0.1, 0.15) is 0 Å². The van der Waals surface area contributed by atoms with Crippen molar-refractivity contribution < 1.29 is 13.2 Å². The molecular formula is C26H35N3O3S. The predicted molar refractivity (Wildman–Crippen MR) is 132 cm³/mol. The molecule has 0 saturated carbocycles. The van der Waals surface area contributed by atoms with E-state index in [4.69, 9.17) is 0 Å². The van der Waals surface area contributed by atoms with Crippen LogP contribution in [0.15, 0.2) is 53.4 Å². The summed E-state index contributed by atoms with van der Waals surface area (Å²) in [6, 6.07) is 15.4. The number of carbonyl (C=O) groups is 1. The van der Waals surface area contributed by atoms with E-state index in [9.17, 15) is 13.2 Å². The summed E-state index contributed by atoms with van der Waals surface area (Å²) in [5, 5.41) is 0. The minimum atomic E-state index is -3.39. The summed E-state index contributed by atoms with van der Waals surface area (Å²) < 4.78 is 26.9. The van der Waals surface area contributed by atoms with E-state index in [1.165, 1.54) is 30.5 Å². The fraction of sp³-hybridized carbons (Fsp3) is 0.500. The van der Waals surface area contributed by atoms with Crippen LogP contribution in [0.2, 0.25) is 0 Å². The van der Waals surface area contributed by atoms with Crippen molar-refractivity contribution in [3.8, 4) is 0 Å². The van der Waals surface area contributed by atoms with Crippen molar-refractivity contribution in [1.82, 2.24) is 9.21 Å². The Bertz CT molecular complexity index is 1040. The van der Waals surface area contributed by atoms with Crippen LogP contribution in [0, 0.1) is 0 Å². The van der Waals surface area contributed by atoms with Gasteiger partial charge in [-0.3, -0.25) is 4.79 Å². The summed E-state index contributed by atoms with van der Waals surface area (Å²) >= 11 is 0. The van der Waals surface area contributed by atoms with E-state index in [1.54, 1.807) is 21.3 Å². The lowest BCUT2D eigenvalue weighted by atomic mass is 10.1. The Morgan fingerprint density at radius 1 is 0.879 bits per heavy atom. The highest BCUT2D eigenvalue weighted by Gasteiger charge is 2.27. The van der Waals surface area contributed by atoms with Crippen molar-refractivity contribution in [3.63, 3.8) is 0 Å². The van der Waals surface area contributed by atoms with Gasteiger partial charge in [0.05, 0.1) is 4.90 Å². The monoisotopic (exact) mass is 469 g/mol. The number of piperidine rings is 1. The zero-order valence-corrected chi connectivity index (χ0v) is 20.4. The van der Waals surface area contributed by atoms with Gasteiger partial charge in [-0.15, -0.1) is 0 Å². The first-order valence-corrected chi connectivity index (χ1v) is 13.5. The summed E-state index contributed by atoms with van der Waals surface area (Å²) in [5.41, 5.74) is 3.41. The predicted octanol–water partition coefficient (Wildman–Crippen LogP) is 4.05. The van der Waals surface area contributed by atoms with E-state index < -0.39 is 10.0 Å². The fourth-order valence-electron chi connectivity index (χ4n) is 4.78.